The number of carbonyl (C=O) groups excluding carboxylic acids is 1. The molecule has 0 aliphatic carbocycles. The SMILES string of the molecule is CC(C)OC(=O)CSC(C)C(=O)O. The molecule has 4 nitrogen and oxygen atoms in total. The van der Waals surface area contributed by atoms with Crippen molar-refractivity contribution in [3.05, 3.63) is 0 Å². The van der Waals surface area contributed by atoms with E-state index in [0.717, 1.165) is 11.8 Å². The summed E-state index contributed by atoms with van der Waals surface area (Å²) >= 11 is 1.06. The Bertz CT molecular complexity index is 191. The van der Waals surface area contributed by atoms with Gasteiger partial charge in [0, 0.05) is 0 Å². The average molecular weight is 206 g/mol. The maximum absolute atomic E-state index is 10.9. The van der Waals surface area contributed by atoms with Crippen molar-refractivity contribution < 1.29 is 19.4 Å². The molecule has 76 valence electrons. The smallest absolute Gasteiger partial charge is 0.316 e. The van der Waals surface area contributed by atoms with Crippen LogP contribution in [0, 0.1) is 0 Å². The molecular formula is C8H14O4S. The molecule has 0 aliphatic rings. The van der Waals surface area contributed by atoms with Gasteiger partial charge >= 0.3 is 11.9 Å². The fourth-order valence-electron chi connectivity index (χ4n) is 0.561. The number of carbonyl (C=O) groups is 2. The highest BCUT2D eigenvalue weighted by atomic mass is 32.2. The van der Waals surface area contributed by atoms with Crippen LogP contribution in [0.5, 0.6) is 0 Å². The highest BCUT2D eigenvalue weighted by Crippen LogP contribution is 2.10. The number of hydrogen-bond donors (Lipinski definition) is 1. The largest absolute Gasteiger partial charge is 0.480 e. The van der Waals surface area contributed by atoms with Gasteiger partial charge in [-0.25, -0.2) is 0 Å². The van der Waals surface area contributed by atoms with E-state index >= 15 is 0 Å². The number of carboxylic acid groups (broad SMARTS) is 1. The van der Waals surface area contributed by atoms with Crippen LogP contribution in [0.1, 0.15) is 20.8 Å². The molecule has 0 rings (SSSR count). The van der Waals surface area contributed by atoms with E-state index in [0.29, 0.717) is 0 Å². The van der Waals surface area contributed by atoms with Crippen LogP contribution in [0.4, 0.5) is 0 Å². The second-order valence-corrected chi connectivity index (χ2v) is 4.16. The van der Waals surface area contributed by atoms with Gasteiger partial charge in [-0.2, -0.15) is 0 Å². The summed E-state index contributed by atoms with van der Waals surface area (Å²) in [5, 5.41) is 7.93. The van der Waals surface area contributed by atoms with Gasteiger partial charge in [0.05, 0.1) is 17.1 Å². The summed E-state index contributed by atoms with van der Waals surface area (Å²) in [5.74, 6) is -1.19. The molecule has 0 aromatic carbocycles. The van der Waals surface area contributed by atoms with Crippen LogP contribution in [0.2, 0.25) is 0 Å². The van der Waals surface area contributed by atoms with Crippen LogP contribution >= 0.6 is 11.8 Å². The molecule has 1 unspecified atom stereocenters. The summed E-state index contributed by atoms with van der Waals surface area (Å²) in [6.07, 6.45) is -0.145. The van der Waals surface area contributed by atoms with Gasteiger partial charge in [0.25, 0.3) is 0 Å². The zero-order valence-corrected chi connectivity index (χ0v) is 8.76. The third-order valence-electron chi connectivity index (χ3n) is 1.17. The molecular weight excluding hydrogens is 192 g/mol. The van der Waals surface area contributed by atoms with Gasteiger partial charge in [-0.15, -0.1) is 11.8 Å². The van der Waals surface area contributed by atoms with E-state index in [1.165, 1.54) is 6.92 Å². The van der Waals surface area contributed by atoms with Crippen molar-refractivity contribution in [2.75, 3.05) is 5.75 Å². The van der Waals surface area contributed by atoms with Gasteiger partial charge in [-0.1, -0.05) is 0 Å². The van der Waals surface area contributed by atoms with Gasteiger partial charge in [0.1, 0.15) is 0 Å². The van der Waals surface area contributed by atoms with E-state index in [9.17, 15) is 9.59 Å². The first-order valence-corrected chi connectivity index (χ1v) is 5.02. The van der Waals surface area contributed by atoms with Crippen LogP contribution in [0.15, 0.2) is 0 Å². The predicted octanol–water partition coefficient (Wildman–Crippen LogP) is 1.14. The zero-order valence-electron chi connectivity index (χ0n) is 7.94. The number of hydrogen-bond acceptors (Lipinski definition) is 4. The Hall–Kier alpha value is -0.710. The molecule has 0 amide bonds. The molecule has 5 heteroatoms. The molecule has 0 saturated carbocycles. The van der Waals surface area contributed by atoms with Crippen LogP contribution in [0.25, 0.3) is 0 Å². The summed E-state index contributed by atoms with van der Waals surface area (Å²) < 4.78 is 4.83. The number of ether oxygens (including phenoxy) is 1. The molecule has 0 spiro atoms. The molecule has 0 aromatic heterocycles. The Balaban J connectivity index is 3.64. The summed E-state index contributed by atoms with van der Waals surface area (Å²) in [6, 6.07) is 0. The molecule has 0 heterocycles. The van der Waals surface area contributed by atoms with Gasteiger partial charge in [-0.3, -0.25) is 9.59 Å². The number of rotatable bonds is 5. The number of thioether (sulfide) groups is 1. The molecule has 0 aromatic rings. The Morgan fingerprint density at radius 2 is 1.92 bits per heavy atom. The average Bonchev–Trinajstić information content (AvgIpc) is 1.98. The predicted molar refractivity (Wildman–Crippen MR) is 50.8 cm³/mol. The number of aliphatic carboxylic acids is 1. The maximum atomic E-state index is 10.9. The van der Waals surface area contributed by atoms with Crippen molar-refractivity contribution in [2.45, 2.75) is 32.1 Å². The first-order chi connectivity index (χ1) is 5.93. The Morgan fingerprint density at radius 1 is 1.38 bits per heavy atom. The fraction of sp³-hybridized carbons (Fsp3) is 0.750. The van der Waals surface area contributed by atoms with Crippen molar-refractivity contribution in [1.82, 2.24) is 0 Å². The molecule has 0 bridgehead atoms. The lowest BCUT2D eigenvalue weighted by Gasteiger charge is -2.08. The van der Waals surface area contributed by atoms with E-state index < -0.39 is 11.2 Å². The molecule has 0 radical (unpaired) electrons. The van der Waals surface area contributed by atoms with Crippen molar-refractivity contribution in [1.29, 1.82) is 0 Å². The third-order valence-corrected chi connectivity index (χ3v) is 2.27. The van der Waals surface area contributed by atoms with Crippen molar-refractivity contribution in [3.63, 3.8) is 0 Å². The van der Waals surface area contributed by atoms with Crippen LogP contribution in [0.3, 0.4) is 0 Å². The minimum absolute atomic E-state index is 0.0889. The lowest BCUT2D eigenvalue weighted by atomic mass is 10.5. The summed E-state index contributed by atoms with van der Waals surface area (Å²) in [7, 11) is 0. The number of carboxylic acids is 1. The normalized spacial score (nSPS) is 12.6. The second-order valence-electron chi connectivity index (χ2n) is 2.83. The summed E-state index contributed by atoms with van der Waals surface area (Å²) in [6.45, 7) is 5.04. The maximum Gasteiger partial charge on any atom is 0.316 e. The Morgan fingerprint density at radius 3 is 2.31 bits per heavy atom. The van der Waals surface area contributed by atoms with E-state index in [1.54, 1.807) is 13.8 Å². The van der Waals surface area contributed by atoms with E-state index in [1.807, 2.05) is 0 Å². The van der Waals surface area contributed by atoms with Crippen LogP contribution in [-0.4, -0.2) is 34.2 Å². The Labute approximate surface area is 81.6 Å². The number of esters is 1. The zero-order chi connectivity index (χ0) is 10.4. The van der Waals surface area contributed by atoms with Gasteiger partial charge < -0.3 is 9.84 Å². The van der Waals surface area contributed by atoms with Gasteiger partial charge in [0.2, 0.25) is 0 Å². The van der Waals surface area contributed by atoms with Crippen LogP contribution < -0.4 is 0 Å². The second kappa shape index (κ2) is 5.85. The first-order valence-electron chi connectivity index (χ1n) is 3.97. The van der Waals surface area contributed by atoms with Crippen LogP contribution in [-0.2, 0) is 14.3 Å². The van der Waals surface area contributed by atoms with E-state index in [-0.39, 0.29) is 17.8 Å². The third kappa shape index (κ3) is 6.45. The van der Waals surface area contributed by atoms with E-state index in [2.05, 4.69) is 0 Å². The minimum Gasteiger partial charge on any atom is -0.480 e. The van der Waals surface area contributed by atoms with Crippen molar-refractivity contribution >= 4 is 23.7 Å². The highest BCUT2D eigenvalue weighted by molar-refractivity contribution is 8.01. The van der Waals surface area contributed by atoms with Crippen molar-refractivity contribution in [3.8, 4) is 0 Å². The summed E-state index contributed by atoms with van der Waals surface area (Å²) in [4.78, 5) is 21.3. The summed E-state index contributed by atoms with van der Waals surface area (Å²) in [5.41, 5.74) is 0. The van der Waals surface area contributed by atoms with E-state index in [4.69, 9.17) is 9.84 Å². The van der Waals surface area contributed by atoms with Crippen molar-refractivity contribution in [2.24, 2.45) is 0 Å². The molecule has 0 fully saturated rings. The molecule has 0 aliphatic heterocycles. The lowest BCUT2D eigenvalue weighted by Crippen LogP contribution is -2.18. The first kappa shape index (κ1) is 12.3. The highest BCUT2D eigenvalue weighted by Gasteiger charge is 2.14. The molecule has 13 heavy (non-hydrogen) atoms. The molecule has 1 N–H and O–H groups in total. The topological polar surface area (TPSA) is 63.6 Å². The lowest BCUT2D eigenvalue weighted by molar-refractivity contribution is -0.144. The molecule has 0 saturated heterocycles. The monoisotopic (exact) mass is 206 g/mol. The quantitative estimate of drug-likeness (QED) is 0.683. The standard InChI is InChI=1S/C8H14O4S/c1-5(2)12-7(9)4-13-6(3)8(10)11/h5-6H,4H2,1-3H3,(H,10,11). The Kier molecular flexibility index (Phi) is 5.53. The van der Waals surface area contributed by atoms with Gasteiger partial charge in [-0.05, 0) is 20.8 Å². The minimum atomic E-state index is -0.914. The van der Waals surface area contributed by atoms with Gasteiger partial charge in [0.15, 0.2) is 0 Å². The fourth-order valence-corrected chi connectivity index (χ4v) is 1.16. The molecule has 1 atom stereocenters.